The van der Waals surface area contributed by atoms with Crippen LogP contribution in [0.1, 0.15) is 18.9 Å². The Hall–Kier alpha value is -2.41. The molecule has 3 amide bonds. The molecule has 0 heterocycles. The normalized spacial score (nSPS) is 10.1. The molecule has 0 unspecified atom stereocenters. The molecule has 0 aromatic heterocycles. The molecule has 0 bridgehead atoms. The number of anilines is 1. The van der Waals surface area contributed by atoms with Gasteiger partial charge in [0.15, 0.2) is 0 Å². The van der Waals surface area contributed by atoms with E-state index in [-0.39, 0.29) is 30.8 Å². The lowest BCUT2D eigenvalue weighted by atomic mass is 10.2. The molecule has 7 heteroatoms. The molecule has 1 rings (SSSR count). The summed E-state index contributed by atoms with van der Waals surface area (Å²) in [4.78, 5) is 36.6. The van der Waals surface area contributed by atoms with Crippen molar-refractivity contribution in [1.29, 1.82) is 0 Å². The van der Waals surface area contributed by atoms with Crippen molar-refractivity contribution in [3.8, 4) is 0 Å². The van der Waals surface area contributed by atoms with Gasteiger partial charge in [-0.1, -0.05) is 17.7 Å². The summed E-state index contributed by atoms with van der Waals surface area (Å²) in [6, 6.07) is 7.36. The standard InChI is InChI=1S/C17H25N3O4/c1-13-5-7-15(8-6-13)19-16(22)11-18-17(23)12-20(14(2)21)9-4-10-24-3/h5-8H,4,9-12H2,1-3H3,(H,18,23)(H,19,22). The minimum Gasteiger partial charge on any atom is -0.385 e. The molecule has 0 spiro atoms. The Morgan fingerprint density at radius 1 is 1.12 bits per heavy atom. The Morgan fingerprint density at radius 3 is 2.38 bits per heavy atom. The zero-order valence-electron chi connectivity index (χ0n) is 14.4. The molecular weight excluding hydrogens is 310 g/mol. The first-order chi connectivity index (χ1) is 11.4. The molecular formula is C17H25N3O4. The minimum atomic E-state index is -0.373. The van der Waals surface area contributed by atoms with Gasteiger partial charge in [0.2, 0.25) is 17.7 Å². The number of benzene rings is 1. The second-order valence-corrected chi connectivity index (χ2v) is 5.48. The van der Waals surface area contributed by atoms with E-state index in [1.54, 1.807) is 19.2 Å². The SMILES string of the molecule is COCCCN(CC(=O)NCC(=O)Nc1ccc(C)cc1)C(C)=O. The smallest absolute Gasteiger partial charge is 0.243 e. The maximum atomic E-state index is 11.9. The lowest BCUT2D eigenvalue weighted by molar-refractivity contribution is -0.134. The topological polar surface area (TPSA) is 87.7 Å². The van der Waals surface area contributed by atoms with Crippen LogP contribution in [0.5, 0.6) is 0 Å². The van der Waals surface area contributed by atoms with Gasteiger partial charge in [0, 0.05) is 32.9 Å². The van der Waals surface area contributed by atoms with Crippen molar-refractivity contribution < 1.29 is 19.1 Å². The summed E-state index contributed by atoms with van der Waals surface area (Å²) in [6.07, 6.45) is 0.650. The molecule has 2 N–H and O–H groups in total. The van der Waals surface area contributed by atoms with Crippen LogP contribution in [0.4, 0.5) is 5.69 Å². The fourth-order valence-corrected chi connectivity index (χ4v) is 2.00. The Morgan fingerprint density at radius 2 is 1.79 bits per heavy atom. The van der Waals surface area contributed by atoms with Gasteiger partial charge in [0.25, 0.3) is 0 Å². The van der Waals surface area contributed by atoms with Crippen LogP contribution in [0.3, 0.4) is 0 Å². The van der Waals surface area contributed by atoms with Gasteiger partial charge in [-0.05, 0) is 25.5 Å². The van der Waals surface area contributed by atoms with E-state index < -0.39 is 0 Å². The number of hydrogen-bond donors (Lipinski definition) is 2. The average Bonchev–Trinajstić information content (AvgIpc) is 2.54. The van der Waals surface area contributed by atoms with Gasteiger partial charge in [-0.2, -0.15) is 0 Å². The molecule has 0 radical (unpaired) electrons. The van der Waals surface area contributed by atoms with E-state index in [9.17, 15) is 14.4 Å². The van der Waals surface area contributed by atoms with Gasteiger partial charge in [0.05, 0.1) is 13.1 Å². The van der Waals surface area contributed by atoms with Gasteiger partial charge in [-0.3, -0.25) is 14.4 Å². The first-order valence-corrected chi connectivity index (χ1v) is 7.80. The van der Waals surface area contributed by atoms with Crippen LogP contribution in [0.15, 0.2) is 24.3 Å². The predicted molar refractivity (Wildman–Crippen MR) is 91.6 cm³/mol. The van der Waals surface area contributed by atoms with E-state index in [4.69, 9.17) is 4.74 Å². The Kier molecular flexibility index (Phi) is 8.49. The second kappa shape index (κ2) is 10.4. The van der Waals surface area contributed by atoms with Crippen molar-refractivity contribution in [1.82, 2.24) is 10.2 Å². The maximum absolute atomic E-state index is 11.9. The monoisotopic (exact) mass is 335 g/mol. The zero-order chi connectivity index (χ0) is 17.9. The molecule has 7 nitrogen and oxygen atoms in total. The third-order valence-electron chi connectivity index (χ3n) is 3.34. The molecule has 0 aliphatic carbocycles. The summed E-state index contributed by atoms with van der Waals surface area (Å²) >= 11 is 0. The van der Waals surface area contributed by atoms with Crippen molar-refractivity contribution in [3.05, 3.63) is 29.8 Å². The minimum absolute atomic E-state index is 0.0726. The lowest BCUT2D eigenvalue weighted by Crippen LogP contribution is -2.42. The Bertz CT molecular complexity index is 557. The van der Waals surface area contributed by atoms with Gasteiger partial charge in [-0.15, -0.1) is 0 Å². The summed E-state index contributed by atoms with van der Waals surface area (Å²) in [7, 11) is 1.58. The number of amides is 3. The third kappa shape index (κ3) is 7.73. The van der Waals surface area contributed by atoms with Gasteiger partial charge >= 0.3 is 0 Å². The van der Waals surface area contributed by atoms with Gasteiger partial charge < -0.3 is 20.3 Å². The van der Waals surface area contributed by atoms with Gasteiger partial charge in [-0.25, -0.2) is 0 Å². The number of aryl methyl sites for hydroxylation is 1. The van der Waals surface area contributed by atoms with Crippen LogP contribution >= 0.6 is 0 Å². The summed E-state index contributed by atoms with van der Waals surface area (Å²) in [5, 5.41) is 5.21. The molecule has 0 saturated heterocycles. The number of nitrogens with zero attached hydrogens (tertiary/aromatic N) is 1. The average molecular weight is 335 g/mol. The number of rotatable bonds is 9. The van der Waals surface area contributed by atoms with E-state index in [0.29, 0.717) is 25.3 Å². The summed E-state index contributed by atoms with van der Waals surface area (Å²) in [5.74, 6) is -0.881. The highest BCUT2D eigenvalue weighted by Crippen LogP contribution is 2.07. The third-order valence-corrected chi connectivity index (χ3v) is 3.34. The molecule has 1 aromatic rings. The zero-order valence-corrected chi connectivity index (χ0v) is 14.4. The van der Waals surface area contributed by atoms with Crippen molar-refractivity contribution >= 4 is 23.4 Å². The predicted octanol–water partition coefficient (Wildman–Crippen LogP) is 0.935. The number of carbonyl (C=O) groups is 3. The molecule has 132 valence electrons. The molecule has 1 aromatic carbocycles. The highest BCUT2D eigenvalue weighted by atomic mass is 16.5. The van der Waals surface area contributed by atoms with Crippen LogP contribution < -0.4 is 10.6 Å². The van der Waals surface area contributed by atoms with Crippen molar-refractivity contribution in [2.45, 2.75) is 20.3 Å². The number of ether oxygens (including phenoxy) is 1. The largest absolute Gasteiger partial charge is 0.385 e. The fraction of sp³-hybridized carbons (Fsp3) is 0.471. The summed E-state index contributed by atoms with van der Waals surface area (Å²) < 4.78 is 4.93. The quantitative estimate of drug-likeness (QED) is 0.657. The second-order valence-electron chi connectivity index (χ2n) is 5.48. The van der Waals surface area contributed by atoms with Crippen LogP contribution in [0.2, 0.25) is 0 Å². The van der Waals surface area contributed by atoms with Crippen LogP contribution in [0.25, 0.3) is 0 Å². The molecule has 0 aliphatic heterocycles. The van der Waals surface area contributed by atoms with Crippen LogP contribution in [0, 0.1) is 6.92 Å². The first kappa shape index (κ1) is 19.6. The molecule has 0 fully saturated rings. The Labute approximate surface area is 142 Å². The number of nitrogens with one attached hydrogen (secondary N) is 2. The van der Waals surface area contributed by atoms with Crippen molar-refractivity contribution in [2.24, 2.45) is 0 Å². The van der Waals surface area contributed by atoms with E-state index in [0.717, 1.165) is 5.56 Å². The van der Waals surface area contributed by atoms with E-state index in [1.165, 1.54) is 11.8 Å². The molecule has 0 atom stereocenters. The van der Waals surface area contributed by atoms with Gasteiger partial charge in [0.1, 0.15) is 0 Å². The molecule has 0 saturated carbocycles. The van der Waals surface area contributed by atoms with Crippen LogP contribution in [-0.2, 0) is 19.1 Å². The number of hydrogen-bond acceptors (Lipinski definition) is 4. The molecule has 24 heavy (non-hydrogen) atoms. The molecule has 0 aliphatic rings. The first-order valence-electron chi connectivity index (χ1n) is 7.80. The van der Waals surface area contributed by atoms with E-state index >= 15 is 0 Å². The van der Waals surface area contributed by atoms with E-state index in [1.807, 2.05) is 19.1 Å². The summed E-state index contributed by atoms with van der Waals surface area (Å²) in [6.45, 7) is 4.10. The number of methoxy groups -OCH3 is 1. The highest BCUT2D eigenvalue weighted by Gasteiger charge is 2.14. The van der Waals surface area contributed by atoms with Crippen molar-refractivity contribution in [3.63, 3.8) is 0 Å². The fourth-order valence-electron chi connectivity index (χ4n) is 2.00. The summed E-state index contributed by atoms with van der Waals surface area (Å²) in [5.41, 5.74) is 1.77. The Balaban J connectivity index is 2.36. The van der Waals surface area contributed by atoms with Crippen molar-refractivity contribution in [2.75, 3.05) is 38.7 Å². The number of carbonyl (C=O) groups excluding carboxylic acids is 3. The highest BCUT2D eigenvalue weighted by molar-refractivity contribution is 5.95. The van der Waals surface area contributed by atoms with E-state index in [2.05, 4.69) is 10.6 Å². The maximum Gasteiger partial charge on any atom is 0.243 e. The lowest BCUT2D eigenvalue weighted by Gasteiger charge is -2.20. The van der Waals surface area contributed by atoms with Crippen LogP contribution in [-0.4, -0.2) is 56.0 Å².